The minimum absolute atomic E-state index is 0.0837. The molecule has 1 heterocycles. The lowest BCUT2D eigenvalue weighted by Crippen LogP contribution is -2.24. The predicted molar refractivity (Wildman–Crippen MR) is 140 cm³/mol. The van der Waals surface area contributed by atoms with Gasteiger partial charge in [0.1, 0.15) is 16.9 Å². The molecular formula is C28H32N2O4S. The molecule has 2 atom stereocenters. The molecule has 2 unspecified atom stereocenters. The van der Waals surface area contributed by atoms with Gasteiger partial charge in [0, 0.05) is 11.4 Å². The van der Waals surface area contributed by atoms with E-state index in [2.05, 4.69) is 47.0 Å². The molecule has 3 aromatic carbocycles. The minimum atomic E-state index is -0.735. The number of carbonyl (C=O) groups is 1. The van der Waals surface area contributed by atoms with E-state index in [9.17, 15) is 15.0 Å². The van der Waals surface area contributed by atoms with Crippen LogP contribution in [0, 0.1) is 0 Å². The molecule has 0 amide bonds. The first-order valence-corrected chi connectivity index (χ1v) is 12.9. The normalized spacial score (nSPS) is 15.3. The maximum absolute atomic E-state index is 11.1. The first-order valence-electron chi connectivity index (χ1n) is 12.0. The number of unbranched alkanes of at least 4 members (excludes halogenated alkanes) is 1. The number of phenols is 1. The van der Waals surface area contributed by atoms with E-state index in [1.807, 2.05) is 18.2 Å². The standard InChI is InChI=1S/C28H32N2O4S/c31-19-26-30-27-24(32)14-13-23(28(27)35-26)25(33)18-29-16-15-21-9-11-22(12-10-21)34-17-5-4-8-20-6-2-1-3-7-20/h1-3,6-7,9-14,19,25-26,29-30,32-33H,4-5,8,15-18H2. The van der Waals surface area contributed by atoms with Crippen molar-refractivity contribution in [1.29, 1.82) is 0 Å². The van der Waals surface area contributed by atoms with E-state index < -0.39 is 11.5 Å². The highest BCUT2D eigenvalue weighted by molar-refractivity contribution is 8.01. The van der Waals surface area contributed by atoms with Gasteiger partial charge in [-0.2, -0.15) is 0 Å². The number of aliphatic hydroxyl groups is 1. The number of phenolic OH excluding ortho intramolecular Hbond substituents is 1. The summed E-state index contributed by atoms with van der Waals surface area (Å²) in [5.41, 5.74) is 3.79. The minimum Gasteiger partial charge on any atom is -0.506 e. The molecule has 0 spiro atoms. The van der Waals surface area contributed by atoms with Crippen molar-refractivity contribution in [2.45, 2.75) is 42.1 Å². The molecule has 1 aliphatic rings. The lowest BCUT2D eigenvalue weighted by atomic mass is 10.1. The molecule has 184 valence electrons. The van der Waals surface area contributed by atoms with Crippen LogP contribution in [-0.4, -0.2) is 41.6 Å². The molecule has 4 rings (SSSR count). The fourth-order valence-corrected chi connectivity index (χ4v) is 5.19. The zero-order chi connectivity index (χ0) is 24.5. The van der Waals surface area contributed by atoms with Crippen molar-refractivity contribution in [2.24, 2.45) is 0 Å². The number of aromatic hydroxyl groups is 1. The number of hydrogen-bond acceptors (Lipinski definition) is 7. The quantitative estimate of drug-likeness (QED) is 0.156. The van der Waals surface area contributed by atoms with Gasteiger partial charge in [-0.15, -0.1) is 0 Å². The highest BCUT2D eigenvalue weighted by atomic mass is 32.2. The van der Waals surface area contributed by atoms with Crippen LogP contribution in [0.15, 0.2) is 71.6 Å². The zero-order valence-electron chi connectivity index (χ0n) is 19.7. The molecule has 0 saturated heterocycles. The molecule has 0 aliphatic carbocycles. The average Bonchev–Trinajstić information content (AvgIpc) is 3.33. The van der Waals surface area contributed by atoms with Gasteiger partial charge in [0.2, 0.25) is 0 Å². The molecule has 0 radical (unpaired) electrons. The summed E-state index contributed by atoms with van der Waals surface area (Å²) in [4.78, 5) is 11.8. The largest absolute Gasteiger partial charge is 0.506 e. The van der Waals surface area contributed by atoms with Crippen LogP contribution in [-0.2, 0) is 17.6 Å². The van der Waals surface area contributed by atoms with Gasteiger partial charge >= 0.3 is 0 Å². The van der Waals surface area contributed by atoms with Crippen LogP contribution in [0.1, 0.15) is 35.6 Å². The average molecular weight is 493 g/mol. The van der Waals surface area contributed by atoms with Crippen molar-refractivity contribution in [3.63, 3.8) is 0 Å². The molecule has 0 aromatic heterocycles. The number of carbonyl (C=O) groups excluding carboxylic acids is 1. The van der Waals surface area contributed by atoms with E-state index in [1.54, 1.807) is 12.1 Å². The molecule has 4 N–H and O–H groups in total. The van der Waals surface area contributed by atoms with Crippen LogP contribution in [0.25, 0.3) is 0 Å². The number of aryl methyl sites for hydroxylation is 1. The lowest BCUT2D eigenvalue weighted by molar-refractivity contribution is -0.107. The molecule has 0 saturated carbocycles. The first-order chi connectivity index (χ1) is 17.1. The summed E-state index contributed by atoms with van der Waals surface area (Å²) in [6.07, 6.45) is 4.11. The summed E-state index contributed by atoms with van der Waals surface area (Å²) in [7, 11) is 0. The molecule has 0 fully saturated rings. The van der Waals surface area contributed by atoms with Gasteiger partial charge in [-0.3, -0.25) is 0 Å². The number of thioether (sulfide) groups is 1. The number of fused-ring (bicyclic) bond motifs is 1. The molecule has 35 heavy (non-hydrogen) atoms. The number of nitrogens with one attached hydrogen (secondary N) is 2. The monoisotopic (exact) mass is 492 g/mol. The topological polar surface area (TPSA) is 90.8 Å². The van der Waals surface area contributed by atoms with Crippen molar-refractivity contribution < 1.29 is 19.7 Å². The number of hydrogen-bond donors (Lipinski definition) is 4. The van der Waals surface area contributed by atoms with Crippen molar-refractivity contribution in [2.75, 3.05) is 25.0 Å². The van der Waals surface area contributed by atoms with Crippen molar-refractivity contribution >= 4 is 23.7 Å². The Balaban J connectivity index is 1.15. The SMILES string of the molecule is O=CC1Nc2c(O)ccc(C(O)CNCCc3ccc(OCCCCc4ccccc4)cc3)c2S1. The van der Waals surface area contributed by atoms with Gasteiger partial charge in [-0.05, 0) is 67.1 Å². The Bertz CT molecular complexity index is 1090. The van der Waals surface area contributed by atoms with Crippen LogP contribution in [0.2, 0.25) is 0 Å². The zero-order valence-corrected chi connectivity index (χ0v) is 20.5. The summed E-state index contributed by atoms with van der Waals surface area (Å²) in [5, 5.41) is 26.5. The van der Waals surface area contributed by atoms with Crippen LogP contribution < -0.4 is 15.4 Å². The third-order valence-electron chi connectivity index (χ3n) is 6.00. The number of aliphatic hydroxyl groups excluding tert-OH is 1. The highest BCUT2D eigenvalue weighted by Gasteiger charge is 2.28. The van der Waals surface area contributed by atoms with Gasteiger partial charge in [0.25, 0.3) is 0 Å². The summed E-state index contributed by atoms with van der Waals surface area (Å²) >= 11 is 1.31. The van der Waals surface area contributed by atoms with Gasteiger partial charge < -0.3 is 30.4 Å². The van der Waals surface area contributed by atoms with Gasteiger partial charge in [-0.1, -0.05) is 60.3 Å². The molecule has 3 aromatic rings. The van der Waals surface area contributed by atoms with Crippen LogP contribution in [0.3, 0.4) is 0 Å². The Labute approximate surface area is 210 Å². The highest BCUT2D eigenvalue weighted by Crippen LogP contribution is 2.46. The Kier molecular flexibility index (Phi) is 9.06. The number of ether oxygens (including phenoxy) is 1. The summed E-state index contributed by atoms with van der Waals surface area (Å²) in [5.74, 6) is 0.970. The molecule has 6 nitrogen and oxygen atoms in total. The fraction of sp³-hybridized carbons (Fsp3) is 0.321. The van der Waals surface area contributed by atoms with Crippen LogP contribution >= 0.6 is 11.8 Å². The predicted octanol–water partition coefficient (Wildman–Crippen LogP) is 4.70. The number of aldehydes is 1. The maximum atomic E-state index is 11.1. The third-order valence-corrected chi connectivity index (χ3v) is 7.16. The second kappa shape index (κ2) is 12.6. The number of benzene rings is 3. The van der Waals surface area contributed by atoms with E-state index in [4.69, 9.17) is 4.74 Å². The summed E-state index contributed by atoms with van der Waals surface area (Å²) in [6, 6.07) is 21.9. The summed E-state index contributed by atoms with van der Waals surface area (Å²) in [6.45, 7) is 1.82. The Hall–Kier alpha value is -3.00. The lowest BCUT2D eigenvalue weighted by Gasteiger charge is -2.16. The Morgan fingerprint density at radius 2 is 1.77 bits per heavy atom. The van der Waals surface area contributed by atoms with Crippen LogP contribution in [0.5, 0.6) is 11.5 Å². The van der Waals surface area contributed by atoms with E-state index in [1.165, 1.54) is 22.9 Å². The van der Waals surface area contributed by atoms with Gasteiger partial charge in [0.15, 0.2) is 6.29 Å². The number of rotatable bonds is 13. The van der Waals surface area contributed by atoms with Crippen molar-refractivity contribution in [3.8, 4) is 11.5 Å². The Morgan fingerprint density at radius 1 is 1.00 bits per heavy atom. The molecule has 7 heteroatoms. The smallest absolute Gasteiger partial charge is 0.152 e. The van der Waals surface area contributed by atoms with Crippen molar-refractivity contribution in [1.82, 2.24) is 5.32 Å². The van der Waals surface area contributed by atoms with E-state index in [-0.39, 0.29) is 5.75 Å². The fourth-order valence-electron chi connectivity index (χ4n) is 4.08. The second-order valence-corrected chi connectivity index (χ2v) is 9.75. The van der Waals surface area contributed by atoms with Crippen molar-refractivity contribution in [3.05, 3.63) is 83.4 Å². The molecule has 1 aliphatic heterocycles. The van der Waals surface area contributed by atoms with Crippen LogP contribution in [0.4, 0.5) is 5.69 Å². The number of anilines is 1. The first kappa shape index (κ1) is 25.1. The van der Waals surface area contributed by atoms with E-state index >= 15 is 0 Å². The third kappa shape index (κ3) is 7.01. The van der Waals surface area contributed by atoms with E-state index in [0.29, 0.717) is 24.4 Å². The molecular weight excluding hydrogens is 460 g/mol. The second-order valence-electron chi connectivity index (χ2n) is 8.60. The summed E-state index contributed by atoms with van der Waals surface area (Å²) < 4.78 is 5.87. The Morgan fingerprint density at radius 3 is 2.54 bits per heavy atom. The molecule has 0 bridgehead atoms. The van der Waals surface area contributed by atoms with Gasteiger partial charge in [-0.25, -0.2) is 0 Å². The van der Waals surface area contributed by atoms with Gasteiger partial charge in [0.05, 0.1) is 18.4 Å². The van der Waals surface area contributed by atoms with E-state index in [0.717, 1.165) is 49.2 Å². The maximum Gasteiger partial charge on any atom is 0.152 e.